The first-order valence-corrected chi connectivity index (χ1v) is 11.3. The van der Waals surface area contributed by atoms with E-state index in [0.717, 1.165) is 36.5 Å². The molecule has 3 heterocycles. The van der Waals surface area contributed by atoms with Gasteiger partial charge < -0.3 is 5.32 Å². The molecule has 1 aromatic carbocycles. The Morgan fingerprint density at radius 2 is 2.03 bits per heavy atom. The molecule has 1 saturated carbocycles. The minimum atomic E-state index is -3.61. The van der Waals surface area contributed by atoms with Gasteiger partial charge in [-0.05, 0) is 44.4 Å². The molecule has 0 amide bonds. The Morgan fingerprint density at radius 3 is 2.87 bits per heavy atom. The molecule has 1 fully saturated rings. The highest BCUT2D eigenvalue weighted by Gasteiger charge is 2.31. The van der Waals surface area contributed by atoms with Crippen molar-refractivity contribution in [2.45, 2.75) is 49.5 Å². The topological polar surface area (TPSA) is 113 Å². The van der Waals surface area contributed by atoms with Crippen LogP contribution in [0.1, 0.15) is 53.9 Å². The number of sulfonamides is 1. The minimum absolute atomic E-state index is 0.0105. The molecule has 1 aliphatic heterocycles. The summed E-state index contributed by atoms with van der Waals surface area (Å²) in [6.07, 6.45) is 4.74. The van der Waals surface area contributed by atoms with Crippen molar-refractivity contribution in [2.24, 2.45) is 0 Å². The Hall–Kier alpha value is -2.85. The molecule has 0 radical (unpaired) electrons. The van der Waals surface area contributed by atoms with Crippen molar-refractivity contribution < 1.29 is 12.8 Å². The zero-order valence-electron chi connectivity index (χ0n) is 16.3. The third-order valence-corrected chi connectivity index (χ3v) is 7.33. The number of rotatable bonds is 4. The number of fused-ring (bicyclic) bond motifs is 1. The van der Waals surface area contributed by atoms with Crippen LogP contribution in [0, 0.1) is 12.7 Å². The summed E-state index contributed by atoms with van der Waals surface area (Å²) >= 11 is 0. The van der Waals surface area contributed by atoms with E-state index < -0.39 is 15.8 Å². The van der Waals surface area contributed by atoms with Crippen molar-refractivity contribution in [1.29, 1.82) is 0 Å². The normalized spacial score (nSPS) is 22.2. The maximum atomic E-state index is 14.8. The number of aromatic nitrogens is 4. The summed E-state index contributed by atoms with van der Waals surface area (Å²) in [5, 5.41) is 10.3. The molecule has 0 spiro atoms. The van der Waals surface area contributed by atoms with Gasteiger partial charge in [-0.3, -0.25) is 5.10 Å². The maximum Gasteiger partial charge on any atom is 0.241 e. The molecule has 10 heteroatoms. The fourth-order valence-corrected chi connectivity index (χ4v) is 5.50. The molecule has 2 aromatic heterocycles. The molecule has 0 bridgehead atoms. The van der Waals surface area contributed by atoms with Crippen molar-refractivity contribution in [1.82, 2.24) is 24.9 Å². The molecule has 30 heavy (non-hydrogen) atoms. The summed E-state index contributed by atoms with van der Waals surface area (Å²) in [6.45, 7) is 1.92. The number of nitrogens with one attached hydrogen (secondary N) is 3. The number of aromatic amines is 1. The Bertz CT molecular complexity index is 1230. The number of benzene rings is 1. The quantitative estimate of drug-likeness (QED) is 0.588. The Kier molecular flexibility index (Phi) is 4.55. The van der Waals surface area contributed by atoms with E-state index in [1.54, 1.807) is 6.20 Å². The summed E-state index contributed by atoms with van der Waals surface area (Å²) in [7, 11) is -3.61. The third kappa shape index (κ3) is 3.35. The first-order valence-electron chi connectivity index (χ1n) is 9.83. The van der Waals surface area contributed by atoms with Gasteiger partial charge in [0.05, 0.1) is 10.6 Å². The summed E-state index contributed by atoms with van der Waals surface area (Å²) in [4.78, 5) is 8.96. The predicted octanol–water partition coefficient (Wildman–Crippen LogP) is 3.23. The fourth-order valence-electron chi connectivity index (χ4n) is 4.27. The van der Waals surface area contributed by atoms with Crippen LogP contribution in [-0.2, 0) is 16.6 Å². The van der Waals surface area contributed by atoms with Gasteiger partial charge in [-0.2, -0.15) is 5.10 Å². The summed E-state index contributed by atoms with van der Waals surface area (Å²) in [5.41, 5.74) is 2.30. The second-order valence-corrected chi connectivity index (χ2v) is 9.56. The maximum absolute atomic E-state index is 14.8. The van der Waals surface area contributed by atoms with Gasteiger partial charge in [0.15, 0.2) is 11.6 Å². The van der Waals surface area contributed by atoms with Gasteiger partial charge in [0.1, 0.15) is 5.82 Å². The Morgan fingerprint density at radius 1 is 1.20 bits per heavy atom. The Balaban J connectivity index is 1.31. The van der Waals surface area contributed by atoms with Crippen molar-refractivity contribution in [3.05, 3.63) is 59.1 Å². The number of H-pyrrole nitrogens is 1. The number of aryl methyl sites for hydroxylation is 1. The first-order chi connectivity index (χ1) is 14.4. The van der Waals surface area contributed by atoms with Crippen molar-refractivity contribution in [2.75, 3.05) is 5.32 Å². The molecular weight excluding hydrogens is 407 g/mol. The van der Waals surface area contributed by atoms with Crippen LogP contribution < -0.4 is 10.0 Å². The molecule has 2 unspecified atom stereocenters. The number of anilines is 2. The highest BCUT2D eigenvalue weighted by atomic mass is 32.2. The predicted molar refractivity (Wildman–Crippen MR) is 108 cm³/mol. The molecule has 3 N–H and O–H groups in total. The molecule has 3 aromatic rings. The molecule has 2 aliphatic rings. The summed E-state index contributed by atoms with van der Waals surface area (Å²) in [5.74, 6) is 1.43. The lowest BCUT2D eigenvalue weighted by Gasteiger charge is -2.09. The molecule has 0 saturated heterocycles. The number of nitrogens with zero attached hydrogens (tertiary/aromatic N) is 3. The van der Waals surface area contributed by atoms with Crippen LogP contribution in [0.4, 0.5) is 15.9 Å². The highest BCUT2D eigenvalue weighted by molar-refractivity contribution is 7.89. The van der Waals surface area contributed by atoms with Gasteiger partial charge in [-0.25, -0.2) is 27.5 Å². The van der Waals surface area contributed by atoms with E-state index in [0.29, 0.717) is 17.7 Å². The Labute approximate surface area is 173 Å². The lowest BCUT2D eigenvalue weighted by Crippen LogP contribution is -2.13. The molecular formula is C20H21FN6O2S. The average molecular weight is 428 g/mol. The molecule has 5 rings (SSSR count). The van der Waals surface area contributed by atoms with E-state index in [4.69, 9.17) is 0 Å². The SMILES string of the molecule is Cc1ccnc(C2CCC(c3cc(Nc4ccc5c(c4F)CNS5(=O)=O)n[nH]3)C2)n1. The van der Waals surface area contributed by atoms with E-state index in [9.17, 15) is 12.8 Å². The van der Waals surface area contributed by atoms with Gasteiger partial charge in [-0.1, -0.05) is 0 Å². The smallest absolute Gasteiger partial charge is 0.241 e. The molecule has 156 valence electrons. The van der Waals surface area contributed by atoms with Gasteiger partial charge in [0.25, 0.3) is 0 Å². The van der Waals surface area contributed by atoms with E-state index in [1.165, 1.54) is 12.1 Å². The van der Waals surface area contributed by atoms with E-state index in [2.05, 4.69) is 30.2 Å². The van der Waals surface area contributed by atoms with Crippen LogP contribution in [0.25, 0.3) is 0 Å². The van der Waals surface area contributed by atoms with Gasteiger partial charge in [-0.15, -0.1) is 0 Å². The largest absolute Gasteiger partial charge is 0.336 e. The minimum Gasteiger partial charge on any atom is -0.336 e. The first kappa shape index (κ1) is 19.1. The summed E-state index contributed by atoms with van der Waals surface area (Å²) < 4.78 is 40.8. The van der Waals surface area contributed by atoms with Crippen molar-refractivity contribution in [3.8, 4) is 0 Å². The van der Waals surface area contributed by atoms with Crippen LogP contribution in [-0.4, -0.2) is 28.6 Å². The van der Waals surface area contributed by atoms with Gasteiger partial charge >= 0.3 is 0 Å². The highest BCUT2D eigenvalue weighted by Crippen LogP contribution is 2.42. The average Bonchev–Trinajstić information content (AvgIpc) is 3.43. The summed E-state index contributed by atoms with van der Waals surface area (Å²) in [6, 6.07) is 6.61. The van der Waals surface area contributed by atoms with Crippen LogP contribution >= 0.6 is 0 Å². The lowest BCUT2D eigenvalue weighted by molar-refractivity contribution is 0.589. The monoisotopic (exact) mass is 428 g/mol. The van der Waals surface area contributed by atoms with E-state index in [1.807, 2.05) is 19.1 Å². The third-order valence-electron chi connectivity index (χ3n) is 5.84. The molecule has 2 atom stereocenters. The van der Waals surface area contributed by atoms with Crippen LogP contribution in [0.3, 0.4) is 0 Å². The van der Waals surface area contributed by atoms with Crippen molar-refractivity contribution in [3.63, 3.8) is 0 Å². The second-order valence-electron chi connectivity index (χ2n) is 7.82. The van der Waals surface area contributed by atoms with Crippen LogP contribution in [0.5, 0.6) is 0 Å². The molecule has 1 aliphatic carbocycles. The van der Waals surface area contributed by atoms with E-state index >= 15 is 0 Å². The fraction of sp³-hybridized carbons (Fsp3) is 0.350. The number of hydrogen-bond acceptors (Lipinski definition) is 6. The lowest BCUT2D eigenvalue weighted by atomic mass is 10.0. The zero-order chi connectivity index (χ0) is 20.9. The zero-order valence-corrected chi connectivity index (χ0v) is 17.1. The second kappa shape index (κ2) is 7.13. The van der Waals surface area contributed by atoms with E-state index in [-0.39, 0.29) is 22.7 Å². The van der Waals surface area contributed by atoms with Crippen LogP contribution in [0.15, 0.2) is 35.4 Å². The van der Waals surface area contributed by atoms with Gasteiger partial charge in [0.2, 0.25) is 10.0 Å². The standard InChI is InChI=1S/C20H21FN6O2S/c1-11-6-7-22-20(24-11)13-3-2-12(8-13)16-9-18(27-26-16)25-15-4-5-17-14(19(15)21)10-23-30(17,28)29/h4-7,9,12-13,23H,2-3,8,10H2,1H3,(H2,25,26,27). The van der Waals surface area contributed by atoms with Crippen LogP contribution in [0.2, 0.25) is 0 Å². The number of hydrogen-bond donors (Lipinski definition) is 3. The van der Waals surface area contributed by atoms with Crippen molar-refractivity contribution >= 4 is 21.5 Å². The van der Waals surface area contributed by atoms with Gasteiger partial charge in [0, 0.05) is 47.6 Å². The number of halogens is 1. The molecule has 8 nitrogen and oxygen atoms in total.